The van der Waals surface area contributed by atoms with Gasteiger partial charge in [-0.15, -0.1) is 0 Å². The Morgan fingerprint density at radius 1 is 1.03 bits per heavy atom. The van der Waals surface area contributed by atoms with E-state index in [1.807, 2.05) is 31.2 Å². The molecule has 0 atom stereocenters. The lowest BCUT2D eigenvalue weighted by atomic mass is 10.0. The molecule has 0 saturated heterocycles. The van der Waals surface area contributed by atoms with Crippen LogP contribution in [0.2, 0.25) is 0 Å². The molecular weight excluding hydrogens is 484 g/mol. The van der Waals surface area contributed by atoms with E-state index >= 15 is 0 Å². The Morgan fingerprint density at radius 3 is 2.52 bits per heavy atom. The largest absolute Gasteiger partial charge is 0.483 e. The second-order valence-electron chi connectivity index (χ2n) is 7.72. The molecule has 7 heteroatoms. The Kier molecular flexibility index (Phi) is 8.38. The number of ether oxygens (including phenoxy) is 2. The second kappa shape index (κ2) is 11.4. The fourth-order valence-electron chi connectivity index (χ4n) is 3.04. The molecule has 3 aromatic rings. The highest BCUT2D eigenvalue weighted by Gasteiger charge is 2.12. The van der Waals surface area contributed by atoms with E-state index in [-0.39, 0.29) is 12.5 Å². The van der Waals surface area contributed by atoms with Gasteiger partial charge in [-0.3, -0.25) is 4.79 Å². The number of carbonyl (C=O) groups excluding carboxylic acids is 2. The van der Waals surface area contributed by atoms with Crippen molar-refractivity contribution in [2.75, 3.05) is 6.61 Å². The maximum atomic E-state index is 12.4. The molecule has 170 valence electrons. The van der Waals surface area contributed by atoms with Crippen molar-refractivity contribution in [2.24, 2.45) is 5.10 Å². The highest BCUT2D eigenvalue weighted by molar-refractivity contribution is 9.10. The van der Waals surface area contributed by atoms with E-state index in [0.29, 0.717) is 22.6 Å². The van der Waals surface area contributed by atoms with Gasteiger partial charge in [0.05, 0.1) is 11.8 Å². The van der Waals surface area contributed by atoms with Crippen LogP contribution in [0.3, 0.4) is 0 Å². The molecule has 0 aliphatic carbocycles. The van der Waals surface area contributed by atoms with Gasteiger partial charge in [-0.25, -0.2) is 10.2 Å². The second-order valence-corrected chi connectivity index (χ2v) is 8.63. The van der Waals surface area contributed by atoms with Crippen molar-refractivity contribution >= 4 is 34.0 Å². The number of nitrogens with zero attached hydrogens (tertiary/aromatic N) is 1. The SMILES string of the molecule is Cc1ccc(C(C)C)c(OCC(=O)NN=Cc2cc(Br)ccc2OC(=O)c2ccccc2)c1. The molecule has 0 radical (unpaired) electrons. The molecule has 0 saturated carbocycles. The minimum Gasteiger partial charge on any atom is -0.483 e. The van der Waals surface area contributed by atoms with Gasteiger partial charge in [0.15, 0.2) is 6.61 Å². The number of esters is 1. The molecule has 3 rings (SSSR count). The number of amides is 1. The monoisotopic (exact) mass is 508 g/mol. The fraction of sp³-hybridized carbons (Fsp3) is 0.192. The molecule has 0 spiro atoms. The summed E-state index contributed by atoms with van der Waals surface area (Å²) in [7, 11) is 0. The lowest BCUT2D eigenvalue weighted by Crippen LogP contribution is -2.25. The summed E-state index contributed by atoms with van der Waals surface area (Å²) >= 11 is 3.39. The fourth-order valence-corrected chi connectivity index (χ4v) is 3.42. The third kappa shape index (κ3) is 7.02. The lowest BCUT2D eigenvalue weighted by Gasteiger charge is -2.14. The first-order valence-corrected chi connectivity index (χ1v) is 11.2. The molecular formula is C26H25BrN2O4. The van der Waals surface area contributed by atoms with Crippen LogP contribution in [0.15, 0.2) is 76.3 Å². The minimum atomic E-state index is -0.482. The molecule has 0 aromatic heterocycles. The number of benzene rings is 3. The molecule has 0 heterocycles. The van der Waals surface area contributed by atoms with Crippen LogP contribution in [-0.2, 0) is 4.79 Å². The number of hydrogen-bond donors (Lipinski definition) is 1. The third-order valence-corrected chi connectivity index (χ3v) is 5.22. The summed E-state index contributed by atoms with van der Waals surface area (Å²) in [6.07, 6.45) is 1.42. The average molecular weight is 509 g/mol. The van der Waals surface area contributed by atoms with Gasteiger partial charge < -0.3 is 9.47 Å². The summed E-state index contributed by atoms with van der Waals surface area (Å²) < 4.78 is 12.0. The third-order valence-electron chi connectivity index (χ3n) is 4.73. The lowest BCUT2D eigenvalue weighted by molar-refractivity contribution is -0.123. The normalized spacial score (nSPS) is 10.9. The highest BCUT2D eigenvalue weighted by atomic mass is 79.9. The Balaban J connectivity index is 1.63. The molecule has 3 aromatic carbocycles. The van der Waals surface area contributed by atoms with Gasteiger partial charge in [-0.2, -0.15) is 5.10 Å². The zero-order valence-corrected chi connectivity index (χ0v) is 20.3. The Bertz CT molecular complexity index is 1160. The van der Waals surface area contributed by atoms with Gasteiger partial charge in [-0.1, -0.05) is 60.1 Å². The molecule has 0 unspecified atom stereocenters. The van der Waals surface area contributed by atoms with Gasteiger partial charge in [0.1, 0.15) is 11.5 Å². The van der Waals surface area contributed by atoms with Crippen LogP contribution >= 0.6 is 15.9 Å². The zero-order chi connectivity index (χ0) is 23.8. The van der Waals surface area contributed by atoms with Gasteiger partial charge in [0.25, 0.3) is 5.91 Å². The van der Waals surface area contributed by atoms with Gasteiger partial charge in [0, 0.05) is 10.0 Å². The highest BCUT2D eigenvalue weighted by Crippen LogP contribution is 2.27. The molecule has 0 aliphatic rings. The van der Waals surface area contributed by atoms with Crippen molar-refractivity contribution in [3.05, 3.63) is 93.5 Å². The quantitative estimate of drug-likeness (QED) is 0.185. The summed E-state index contributed by atoms with van der Waals surface area (Å²) in [5.41, 5.74) is 5.50. The summed E-state index contributed by atoms with van der Waals surface area (Å²) in [5, 5.41) is 3.99. The number of carbonyl (C=O) groups is 2. The summed E-state index contributed by atoms with van der Waals surface area (Å²) in [6.45, 7) is 5.94. The minimum absolute atomic E-state index is 0.172. The van der Waals surface area contributed by atoms with Crippen molar-refractivity contribution in [1.29, 1.82) is 0 Å². The predicted molar refractivity (Wildman–Crippen MR) is 132 cm³/mol. The average Bonchev–Trinajstić information content (AvgIpc) is 2.79. The van der Waals surface area contributed by atoms with Crippen molar-refractivity contribution in [3.63, 3.8) is 0 Å². The maximum absolute atomic E-state index is 12.4. The first-order valence-electron chi connectivity index (χ1n) is 10.5. The summed E-state index contributed by atoms with van der Waals surface area (Å²) in [4.78, 5) is 24.6. The molecule has 0 aliphatic heterocycles. The predicted octanol–water partition coefficient (Wildman–Crippen LogP) is 5.63. The van der Waals surface area contributed by atoms with Crippen LogP contribution < -0.4 is 14.9 Å². The van der Waals surface area contributed by atoms with Gasteiger partial charge in [0.2, 0.25) is 0 Å². The molecule has 0 bridgehead atoms. The van der Waals surface area contributed by atoms with Crippen LogP contribution in [0.25, 0.3) is 0 Å². The Hall–Kier alpha value is -3.45. The van der Waals surface area contributed by atoms with Crippen LogP contribution in [0.5, 0.6) is 11.5 Å². The maximum Gasteiger partial charge on any atom is 0.343 e. The van der Waals surface area contributed by atoms with Crippen LogP contribution in [-0.4, -0.2) is 24.7 Å². The number of hydrazone groups is 1. The van der Waals surface area contributed by atoms with Gasteiger partial charge in [-0.05, 0) is 60.4 Å². The van der Waals surface area contributed by atoms with Crippen LogP contribution in [0.1, 0.15) is 46.8 Å². The van der Waals surface area contributed by atoms with E-state index < -0.39 is 11.9 Å². The van der Waals surface area contributed by atoms with E-state index in [1.165, 1.54) is 6.21 Å². The number of rotatable bonds is 8. The molecule has 6 nitrogen and oxygen atoms in total. The zero-order valence-electron chi connectivity index (χ0n) is 18.7. The number of hydrogen-bond acceptors (Lipinski definition) is 5. The van der Waals surface area contributed by atoms with Gasteiger partial charge >= 0.3 is 5.97 Å². The van der Waals surface area contributed by atoms with Crippen LogP contribution in [0.4, 0.5) is 0 Å². The van der Waals surface area contributed by atoms with E-state index in [0.717, 1.165) is 15.6 Å². The number of nitrogens with one attached hydrogen (secondary N) is 1. The smallest absolute Gasteiger partial charge is 0.343 e. The van der Waals surface area contributed by atoms with E-state index in [9.17, 15) is 9.59 Å². The Labute approximate surface area is 201 Å². The van der Waals surface area contributed by atoms with E-state index in [2.05, 4.69) is 40.3 Å². The standard InChI is InChI=1S/C26H25BrN2O4/c1-17(2)22-11-9-18(3)13-24(22)32-16-25(30)29-28-15-20-14-21(27)10-12-23(20)33-26(31)19-7-5-4-6-8-19/h4-15,17H,16H2,1-3H3,(H,29,30). The van der Waals surface area contributed by atoms with Crippen molar-refractivity contribution < 1.29 is 19.1 Å². The van der Waals surface area contributed by atoms with E-state index in [1.54, 1.807) is 42.5 Å². The molecule has 1 amide bonds. The topological polar surface area (TPSA) is 77.0 Å². The first kappa shape index (κ1) is 24.2. The van der Waals surface area contributed by atoms with Crippen molar-refractivity contribution in [2.45, 2.75) is 26.7 Å². The summed E-state index contributed by atoms with van der Waals surface area (Å²) in [6, 6.07) is 19.8. The van der Waals surface area contributed by atoms with Crippen molar-refractivity contribution in [1.82, 2.24) is 5.43 Å². The van der Waals surface area contributed by atoms with Crippen molar-refractivity contribution in [3.8, 4) is 11.5 Å². The number of halogens is 1. The number of aryl methyl sites for hydroxylation is 1. The molecule has 0 fully saturated rings. The van der Waals surface area contributed by atoms with Crippen LogP contribution in [0, 0.1) is 6.92 Å². The molecule has 1 N–H and O–H groups in total. The Morgan fingerprint density at radius 2 is 1.79 bits per heavy atom. The summed E-state index contributed by atoms with van der Waals surface area (Å²) in [5.74, 6) is 0.397. The molecule has 33 heavy (non-hydrogen) atoms. The first-order chi connectivity index (χ1) is 15.8. The van der Waals surface area contributed by atoms with E-state index in [4.69, 9.17) is 9.47 Å².